The Labute approximate surface area is 122 Å². The van der Waals surface area contributed by atoms with Crippen LogP contribution in [0.3, 0.4) is 0 Å². The summed E-state index contributed by atoms with van der Waals surface area (Å²) < 4.78 is 28.9. The predicted molar refractivity (Wildman–Crippen MR) is 75.5 cm³/mol. The molecule has 0 fully saturated rings. The van der Waals surface area contributed by atoms with E-state index in [0.717, 1.165) is 6.42 Å². The minimum Gasteiger partial charge on any atom is -0.433 e. The molecule has 21 heavy (non-hydrogen) atoms. The summed E-state index contributed by atoms with van der Waals surface area (Å²) in [6, 6.07) is 6.01. The van der Waals surface area contributed by atoms with Gasteiger partial charge in [-0.1, -0.05) is 19.1 Å². The number of ether oxygens (including phenoxy) is 1. The van der Waals surface area contributed by atoms with Gasteiger partial charge in [-0.15, -0.1) is 0 Å². The minimum absolute atomic E-state index is 0.0433. The number of amides is 1. The second kappa shape index (κ2) is 9.25. The average Bonchev–Trinajstić information content (AvgIpc) is 2.41. The number of nitrogens with zero attached hydrogens (tertiary/aromatic N) is 1. The van der Waals surface area contributed by atoms with E-state index in [0.29, 0.717) is 13.1 Å². The molecule has 0 aliphatic rings. The van der Waals surface area contributed by atoms with Gasteiger partial charge in [0.2, 0.25) is 5.91 Å². The molecule has 0 heterocycles. The standard InChI is InChI=1S/C14H20F2N2O3/c1-2-7-18(8-9-19)10-13(20)17-11-5-3-4-6-12(11)21-14(15)16/h3-6,14,19H,2,7-10H2,1H3,(H,17,20). The van der Waals surface area contributed by atoms with Crippen molar-refractivity contribution in [2.24, 2.45) is 0 Å². The topological polar surface area (TPSA) is 61.8 Å². The van der Waals surface area contributed by atoms with Crippen molar-refractivity contribution in [2.75, 3.05) is 31.6 Å². The molecule has 1 aromatic carbocycles. The second-order valence-corrected chi connectivity index (χ2v) is 4.42. The summed E-state index contributed by atoms with van der Waals surface area (Å²) in [5.74, 6) is -0.424. The van der Waals surface area contributed by atoms with E-state index in [1.54, 1.807) is 17.0 Å². The molecule has 0 radical (unpaired) electrons. The number of carbonyl (C=O) groups is 1. The molecule has 118 valence electrons. The van der Waals surface area contributed by atoms with Crippen LogP contribution in [0.5, 0.6) is 5.75 Å². The molecule has 7 heteroatoms. The van der Waals surface area contributed by atoms with Crippen molar-refractivity contribution in [3.8, 4) is 5.75 Å². The normalized spacial score (nSPS) is 11.0. The molecule has 0 unspecified atom stereocenters. The third kappa shape index (κ3) is 6.50. The lowest BCUT2D eigenvalue weighted by molar-refractivity contribution is -0.117. The number of rotatable bonds is 9. The number of benzene rings is 1. The van der Waals surface area contributed by atoms with E-state index in [1.807, 2.05) is 6.92 Å². The fourth-order valence-corrected chi connectivity index (χ4v) is 1.89. The first-order chi connectivity index (χ1) is 10.1. The highest BCUT2D eigenvalue weighted by molar-refractivity contribution is 5.93. The summed E-state index contributed by atoms with van der Waals surface area (Å²) in [6.45, 7) is 0.109. The second-order valence-electron chi connectivity index (χ2n) is 4.42. The van der Waals surface area contributed by atoms with E-state index in [9.17, 15) is 13.6 Å². The van der Waals surface area contributed by atoms with Gasteiger partial charge in [0.25, 0.3) is 0 Å². The van der Waals surface area contributed by atoms with Gasteiger partial charge in [0.1, 0.15) is 5.75 Å². The molecular formula is C14H20F2N2O3. The van der Waals surface area contributed by atoms with Crippen LogP contribution in [-0.2, 0) is 4.79 Å². The van der Waals surface area contributed by atoms with Gasteiger partial charge in [-0.25, -0.2) is 0 Å². The fraction of sp³-hybridized carbons (Fsp3) is 0.500. The van der Waals surface area contributed by atoms with Crippen molar-refractivity contribution in [1.29, 1.82) is 0 Å². The quantitative estimate of drug-likeness (QED) is 0.732. The van der Waals surface area contributed by atoms with Crippen LogP contribution in [0.1, 0.15) is 13.3 Å². The fourth-order valence-electron chi connectivity index (χ4n) is 1.89. The number of alkyl halides is 2. The van der Waals surface area contributed by atoms with Crippen LogP contribution in [0.25, 0.3) is 0 Å². The van der Waals surface area contributed by atoms with Gasteiger partial charge in [-0.2, -0.15) is 8.78 Å². The van der Waals surface area contributed by atoms with Gasteiger partial charge in [-0.05, 0) is 25.1 Å². The van der Waals surface area contributed by atoms with Crippen molar-refractivity contribution in [1.82, 2.24) is 4.90 Å². The molecule has 1 rings (SSSR count). The Bertz CT molecular complexity index is 438. The van der Waals surface area contributed by atoms with Crippen LogP contribution in [0.2, 0.25) is 0 Å². The Morgan fingerprint density at radius 1 is 1.38 bits per heavy atom. The zero-order valence-corrected chi connectivity index (χ0v) is 11.9. The van der Waals surface area contributed by atoms with Gasteiger partial charge in [0.05, 0.1) is 18.8 Å². The van der Waals surface area contributed by atoms with Crippen LogP contribution in [0.15, 0.2) is 24.3 Å². The molecule has 0 atom stereocenters. The maximum atomic E-state index is 12.3. The molecule has 0 bridgehead atoms. The maximum absolute atomic E-state index is 12.3. The smallest absolute Gasteiger partial charge is 0.387 e. The number of anilines is 1. The van der Waals surface area contributed by atoms with Gasteiger partial charge >= 0.3 is 6.61 Å². The predicted octanol–water partition coefficient (Wildman–Crippen LogP) is 1.93. The van der Waals surface area contributed by atoms with Gasteiger partial charge in [-0.3, -0.25) is 9.69 Å². The Morgan fingerprint density at radius 3 is 2.71 bits per heavy atom. The highest BCUT2D eigenvalue weighted by Gasteiger charge is 2.13. The van der Waals surface area contributed by atoms with E-state index in [4.69, 9.17) is 5.11 Å². The molecule has 0 saturated heterocycles. The lowest BCUT2D eigenvalue weighted by Crippen LogP contribution is -2.35. The van der Waals surface area contributed by atoms with E-state index in [1.165, 1.54) is 12.1 Å². The summed E-state index contributed by atoms with van der Waals surface area (Å²) >= 11 is 0. The lowest BCUT2D eigenvalue weighted by atomic mass is 10.3. The Balaban J connectivity index is 2.65. The molecular weight excluding hydrogens is 282 g/mol. The first-order valence-electron chi connectivity index (χ1n) is 6.73. The van der Waals surface area contributed by atoms with Crippen molar-refractivity contribution in [3.63, 3.8) is 0 Å². The monoisotopic (exact) mass is 302 g/mol. The number of aliphatic hydroxyl groups is 1. The minimum atomic E-state index is -2.95. The van der Waals surface area contributed by atoms with E-state index in [-0.39, 0.29) is 30.5 Å². The number of halogens is 2. The van der Waals surface area contributed by atoms with E-state index >= 15 is 0 Å². The number of nitrogens with one attached hydrogen (secondary N) is 1. The summed E-state index contributed by atoms with van der Waals surface area (Å²) in [7, 11) is 0. The number of aliphatic hydroxyl groups excluding tert-OH is 1. The van der Waals surface area contributed by atoms with Crippen LogP contribution < -0.4 is 10.1 Å². The summed E-state index contributed by atoms with van der Waals surface area (Å²) in [6.07, 6.45) is 0.846. The zero-order chi connectivity index (χ0) is 15.7. The molecule has 0 spiro atoms. The molecule has 0 aliphatic carbocycles. The summed E-state index contributed by atoms with van der Waals surface area (Å²) in [5.41, 5.74) is 0.197. The molecule has 0 aliphatic heterocycles. The Kier molecular flexibility index (Phi) is 7.63. The van der Waals surface area contributed by atoms with Crippen molar-refractivity contribution in [3.05, 3.63) is 24.3 Å². The van der Waals surface area contributed by atoms with Crippen LogP contribution in [0, 0.1) is 0 Å². The van der Waals surface area contributed by atoms with E-state index in [2.05, 4.69) is 10.1 Å². The third-order valence-corrected chi connectivity index (χ3v) is 2.70. The lowest BCUT2D eigenvalue weighted by Gasteiger charge is -2.20. The van der Waals surface area contributed by atoms with Crippen LogP contribution in [0.4, 0.5) is 14.5 Å². The summed E-state index contributed by atoms with van der Waals surface area (Å²) in [5, 5.41) is 11.5. The molecule has 1 amide bonds. The number of carbonyl (C=O) groups excluding carboxylic acids is 1. The molecule has 2 N–H and O–H groups in total. The van der Waals surface area contributed by atoms with Gasteiger partial charge in [0.15, 0.2) is 0 Å². The van der Waals surface area contributed by atoms with Crippen molar-refractivity contribution in [2.45, 2.75) is 20.0 Å². The average molecular weight is 302 g/mol. The third-order valence-electron chi connectivity index (χ3n) is 2.70. The van der Waals surface area contributed by atoms with Gasteiger partial charge < -0.3 is 15.2 Å². The molecule has 0 saturated carbocycles. The molecule has 0 aromatic heterocycles. The Morgan fingerprint density at radius 2 is 2.10 bits per heavy atom. The SMILES string of the molecule is CCCN(CCO)CC(=O)Nc1ccccc1OC(F)F. The first-order valence-corrected chi connectivity index (χ1v) is 6.73. The van der Waals surface area contributed by atoms with Crippen molar-refractivity contribution >= 4 is 11.6 Å². The van der Waals surface area contributed by atoms with Gasteiger partial charge in [0, 0.05) is 6.54 Å². The molecule has 1 aromatic rings. The maximum Gasteiger partial charge on any atom is 0.387 e. The largest absolute Gasteiger partial charge is 0.433 e. The summed E-state index contributed by atoms with van der Waals surface area (Å²) in [4.78, 5) is 13.7. The highest BCUT2D eigenvalue weighted by Crippen LogP contribution is 2.25. The zero-order valence-electron chi connectivity index (χ0n) is 11.9. The number of para-hydroxylation sites is 2. The highest BCUT2D eigenvalue weighted by atomic mass is 19.3. The van der Waals surface area contributed by atoms with Crippen LogP contribution >= 0.6 is 0 Å². The first kappa shape index (κ1) is 17.3. The Hall–Kier alpha value is -1.73. The van der Waals surface area contributed by atoms with E-state index < -0.39 is 6.61 Å². The van der Waals surface area contributed by atoms with Crippen molar-refractivity contribution < 1.29 is 23.4 Å². The van der Waals surface area contributed by atoms with Crippen LogP contribution in [-0.4, -0.2) is 48.8 Å². The number of hydrogen-bond acceptors (Lipinski definition) is 4. The number of hydrogen-bond donors (Lipinski definition) is 2. The molecule has 5 nitrogen and oxygen atoms in total.